The third-order valence-corrected chi connectivity index (χ3v) is 4.70. The van der Waals surface area contributed by atoms with Gasteiger partial charge in [0, 0.05) is 5.69 Å². The zero-order chi connectivity index (χ0) is 14.6. The average molecular weight is 272 g/mol. The van der Waals surface area contributed by atoms with E-state index >= 15 is 0 Å². The molecule has 0 bridgehead atoms. The van der Waals surface area contributed by atoms with Gasteiger partial charge in [-0.3, -0.25) is 9.59 Å². The molecule has 2 aliphatic rings. The maximum atomic E-state index is 12.6. The molecule has 3 rings (SSSR count). The summed E-state index contributed by atoms with van der Waals surface area (Å²) in [6, 6.07) is 3.69. The van der Waals surface area contributed by atoms with Gasteiger partial charge in [0.1, 0.15) is 0 Å². The monoisotopic (exact) mass is 272 g/mol. The Morgan fingerprint density at radius 1 is 1.05 bits per heavy atom. The second kappa shape index (κ2) is 4.33. The number of carbonyl (C=O) groups is 2. The van der Waals surface area contributed by atoms with Crippen molar-refractivity contribution in [1.29, 1.82) is 0 Å². The van der Waals surface area contributed by atoms with Gasteiger partial charge in [-0.15, -0.1) is 0 Å². The van der Waals surface area contributed by atoms with Crippen LogP contribution < -0.4 is 10.6 Å². The van der Waals surface area contributed by atoms with Crippen LogP contribution in [0, 0.1) is 31.6 Å². The van der Waals surface area contributed by atoms with Gasteiger partial charge >= 0.3 is 0 Å². The molecule has 2 N–H and O–H groups in total. The van der Waals surface area contributed by atoms with E-state index in [-0.39, 0.29) is 23.7 Å². The molecule has 1 aliphatic heterocycles. The summed E-state index contributed by atoms with van der Waals surface area (Å²) in [4.78, 5) is 26.5. The number of hydrogen-bond acceptors (Lipinski definition) is 3. The molecule has 0 spiro atoms. The second-order valence-corrected chi connectivity index (χ2v) is 6.30. The number of aryl methyl sites for hydroxylation is 2. The Morgan fingerprint density at radius 3 is 2.15 bits per heavy atom. The van der Waals surface area contributed by atoms with Crippen molar-refractivity contribution in [3.8, 4) is 0 Å². The first-order valence-corrected chi connectivity index (χ1v) is 7.14. The Bertz CT molecular complexity index is 585. The summed E-state index contributed by atoms with van der Waals surface area (Å²) >= 11 is 0. The van der Waals surface area contributed by atoms with Crippen LogP contribution in [-0.2, 0) is 9.59 Å². The van der Waals surface area contributed by atoms with Crippen molar-refractivity contribution in [2.45, 2.75) is 33.6 Å². The van der Waals surface area contributed by atoms with E-state index in [0.29, 0.717) is 17.3 Å². The summed E-state index contributed by atoms with van der Waals surface area (Å²) in [7, 11) is 0. The van der Waals surface area contributed by atoms with E-state index < -0.39 is 0 Å². The predicted octanol–water partition coefficient (Wildman–Crippen LogP) is 2.42. The molecule has 2 unspecified atom stereocenters. The van der Waals surface area contributed by atoms with Gasteiger partial charge in [-0.25, -0.2) is 4.90 Å². The summed E-state index contributed by atoms with van der Waals surface area (Å²) in [6.45, 7) is 5.95. The van der Waals surface area contributed by atoms with Crippen LogP contribution in [0.25, 0.3) is 0 Å². The summed E-state index contributed by atoms with van der Waals surface area (Å²) in [5, 5.41) is 0. The summed E-state index contributed by atoms with van der Waals surface area (Å²) in [5.41, 5.74) is 9.11. The molecule has 2 atom stereocenters. The van der Waals surface area contributed by atoms with Crippen molar-refractivity contribution < 1.29 is 9.59 Å². The van der Waals surface area contributed by atoms with Gasteiger partial charge in [-0.2, -0.15) is 0 Å². The summed E-state index contributed by atoms with van der Waals surface area (Å²) < 4.78 is 0. The van der Waals surface area contributed by atoms with Gasteiger partial charge in [0.25, 0.3) is 0 Å². The SMILES string of the molecule is Cc1cc(C)c(N2C(=O)C3CC(C)CC3C2=O)cc1N. The van der Waals surface area contributed by atoms with Crippen LogP contribution in [0.2, 0.25) is 0 Å². The molecule has 4 heteroatoms. The lowest BCUT2D eigenvalue weighted by atomic mass is 10.00. The molecule has 20 heavy (non-hydrogen) atoms. The predicted molar refractivity (Wildman–Crippen MR) is 78.2 cm³/mol. The van der Waals surface area contributed by atoms with Crippen LogP contribution in [0.3, 0.4) is 0 Å². The van der Waals surface area contributed by atoms with Crippen molar-refractivity contribution >= 4 is 23.2 Å². The number of anilines is 2. The zero-order valence-electron chi connectivity index (χ0n) is 12.1. The molecule has 1 aromatic rings. The third kappa shape index (κ3) is 1.74. The Hall–Kier alpha value is -1.84. The Kier molecular flexibility index (Phi) is 2.85. The molecule has 1 saturated heterocycles. The second-order valence-electron chi connectivity index (χ2n) is 6.30. The Balaban J connectivity index is 2.02. The minimum atomic E-state index is -0.126. The zero-order valence-corrected chi connectivity index (χ0v) is 12.1. The molecule has 2 fully saturated rings. The number of rotatable bonds is 1. The highest BCUT2D eigenvalue weighted by molar-refractivity contribution is 6.22. The van der Waals surface area contributed by atoms with Gasteiger partial charge in [-0.05, 0) is 49.8 Å². The number of hydrogen-bond donors (Lipinski definition) is 1. The maximum Gasteiger partial charge on any atom is 0.237 e. The van der Waals surface area contributed by atoms with Gasteiger partial charge in [-0.1, -0.05) is 13.0 Å². The lowest BCUT2D eigenvalue weighted by molar-refractivity contribution is -0.123. The van der Waals surface area contributed by atoms with E-state index in [4.69, 9.17) is 5.73 Å². The fourth-order valence-corrected chi connectivity index (χ4v) is 3.61. The minimum absolute atomic E-state index is 0.0456. The Morgan fingerprint density at radius 2 is 1.60 bits per heavy atom. The maximum absolute atomic E-state index is 12.6. The molecule has 1 heterocycles. The normalized spacial score (nSPS) is 29.1. The molecule has 4 nitrogen and oxygen atoms in total. The molecular weight excluding hydrogens is 252 g/mol. The molecule has 106 valence electrons. The fraction of sp³-hybridized carbons (Fsp3) is 0.500. The number of nitrogen functional groups attached to an aromatic ring is 1. The summed E-state index contributed by atoms with van der Waals surface area (Å²) in [5.74, 6) is 0.120. The molecule has 2 amide bonds. The molecule has 1 aromatic carbocycles. The molecule has 1 aliphatic carbocycles. The van der Waals surface area contributed by atoms with E-state index in [1.807, 2.05) is 19.9 Å². The highest BCUT2D eigenvalue weighted by Crippen LogP contribution is 2.45. The van der Waals surface area contributed by atoms with Crippen LogP contribution in [0.15, 0.2) is 12.1 Å². The van der Waals surface area contributed by atoms with E-state index in [9.17, 15) is 9.59 Å². The van der Waals surface area contributed by atoms with Crippen molar-refractivity contribution in [2.24, 2.45) is 17.8 Å². The van der Waals surface area contributed by atoms with Gasteiger partial charge in [0.05, 0.1) is 17.5 Å². The lowest BCUT2D eigenvalue weighted by Crippen LogP contribution is -2.32. The van der Waals surface area contributed by atoms with Gasteiger partial charge < -0.3 is 5.73 Å². The van der Waals surface area contributed by atoms with E-state index in [0.717, 1.165) is 24.0 Å². The van der Waals surface area contributed by atoms with Crippen LogP contribution in [-0.4, -0.2) is 11.8 Å². The summed E-state index contributed by atoms with van der Waals surface area (Å²) in [6.07, 6.45) is 1.65. The number of benzene rings is 1. The number of nitrogens with two attached hydrogens (primary N) is 1. The molecule has 0 radical (unpaired) electrons. The topological polar surface area (TPSA) is 63.4 Å². The quantitative estimate of drug-likeness (QED) is 0.631. The number of imide groups is 1. The molecule has 1 saturated carbocycles. The highest BCUT2D eigenvalue weighted by Gasteiger charge is 2.52. The van der Waals surface area contributed by atoms with Crippen LogP contribution in [0.4, 0.5) is 11.4 Å². The first kappa shape index (κ1) is 13.2. The van der Waals surface area contributed by atoms with Crippen molar-refractivity contribution in [2.75, 3.05) is 10.6 Å². The van der Waals surface area contributed by atoms with Gasteiger partial charge in [0.2, 0.25) is 11.8 Å². The minimum Gasteiger partial charge on any atom is -0.398 e. The average Bonchev–Trinajstić information content (AvgIpc) is 2.85. The fourth-order valence-electron chi connectivity index (χ4n) is 3.61. The molecular formula is C16H20N2O2. The highest BCUT2D eigenvalue weighted by atomic mass is 16.2. The lowest BCUT2D eigenvalue weighted by Gasteiger charge is -2.20. The van der Waals surface area contributed by atoms with Crippen molar-refractivity contribution in [3.63, 3.8) is 0 Å². The van der Waals surface area contributed by atoms with Crippen LogP contribution in [0.1, 0.15) is 30.9 Å². The number of fused-ring (bicyclic) bond motifs is 1. The molecule has 0 aromatic heterocycles. The van der Waals surface area contributed by atoms with Crippen LogP contribution >= 0.6 is 0 Å². The first-order chi connectivity index (χ1) is 9.40. The largest absolute Gasteiger partial charge is 0.398 e. The van der Waals surface area contributed by atoms with E-state index in [2.05, 4.69) is 6.92 Å². The van der Waals surface area contributed by atoms with Gasteiger partial charge in [0.15, 0.2) is 0 Å². The van der Waals surface area contributed by atoms with Crippen molar-refractivity contribution in [1.82, 2.24) is 0 Å². The number of carbonyl (C=O) groups excluding carboxylic acids is 2. The van der Waals surface area contributed by atoms with E-state index in [1.165, 1.54) is 4.90 Å². The number of nitrogens with zero attached hydrogens (tertiary/aromatic N) is 1. The van der Waals surface area contributed by atoms with Crippen molar-refractivity contribution in [3.05, 3.63) is 23.3 Å². The Labute approximate surface area is 118 Å². The van der Waals surface area contributed by atoms with E-state index in [1.54, 1.807) is 6.07 Å². The number of amides is 2. The van der Waals surface area contributed by atoms with Crippen LogP contribution in [0.5, 0.6) is 0 Å². The smallest absolute Gasteiger partial charge is 0.237 e. The third-order valence-electron chi connectivity index (χ3n) is 4.70. The standard InChI is InChI=1S/C16H20N2O2/c1-8-4-11-12(5-8)16(20)18(15(11)19)14-7-13(17)9(2)6-10(14)3/h6-8,11-12H,4-5,17H2,1-3H3. The first-order valence-electron chi connectivity index (χ1n) is 7.14.